The predicted molar refractivity (Wildman–Crippen MR) is 137 cm³/mol. The quantitative estimate of drug-likeness (QED) is 0.531. The first-order valence-electron chi connectivity index (χ1n) is 11.7. The van der Waals surface area contributed by atoms with E-state index < -0.39 is 17.2 Å². The minimum absolute atomic E-state index is 0.0988. The SMILES string of the molecule is CCc1c(N2CCN(C(=O)OC(C)(C)C)CC2)c(=O)c2nc(Br)cnc2n1CC(=O)OC(C)(C)C. The van der Waals surface area contributed by atoms with E-state index in [4.69, 9.17) is 9.47 Å². The van der Waals surface area contributed by atoms with Crippen LogP contribution < -0.4 is 10.3 Å². The predicted octanol–water partition coefficient (Wildman–Crippen LogP) is 3.52. The Kier molecular flexibility index (Phi) is 7.78. The minimum Gasteiger partial charge on any atom is -0.459 e. The second kappa shape index (κ2) is 10.1. The molecule has 0 saturated carbocycles. The highest BCUT2D eigenvalue weighted by Crippen LogP contribution is 2.25. The van der Waals surface area contributed by atoms with Gasteiger partial charge in [0.1, 0.15) is 28.0 Å². The summed E-state index contributed by atoms with van der Waals surface area (Å²) >= 11 is 3.30. The molecule has 35 heavy (non-hydrogen) atoms. The number of ether oxygens (including phenoxy) is 2. The molecule has 0 aliphatic carbocycles. The molecule has 0 radical (unpaired) electrons. The van der Waals surface area contributed by atoms with E-state index in [9.17, 15) is 14.4 Å². The highest BCUT2D eigenvalue weighted by atomic mass is 79.9. The molecule has 1 amide bonds. The normalized spacial score (nSPS) is 14.9. The smallest absolute Gasteiger partial charge is 0.410 e. The Morgan fingerprint density at radius 1 is 1.03 bits per heavy atom. The van der Waals surface area contributed by atoms with E-state index in [2.05, 4.69) is 25.9 Å². The number of esters is 1. The maximum atomic E-state index is 13.6. The van der Waals surface area contributed by atoms with Crippen molar-refractivity contribution in [3.05, 3.63) is 26.7 Å². The van der Waals surface area contributed by atoms with E-state index in [0.29, 0.717) is 54.2 Å². The lowest BCUT2D eigenvalue weighted by Crippen LogP contribution is -2.51. The van der Waals surface area contributed by atoms with Gasteiger partial charge < -0.3 is 23.8 Å². The van der Waals surface area contributed by atoms with Crippen LogP contribution in [-0.2, 0) is 27.2 Å². The number of pyridine rings is 1. The maximum absolute atomic E-state index is 13.6. The van der Waals surface area contributed by atoms with E-state index in [-0.39, 0.29) is 23.6 Å². The van der Waals surface area contributed by atoms with Crippen molar-refractivity contribution >= 4 is 44.8 Å². The number of fused-ring (bicyclic) bond motifs is 1. The zero-order chi connectivity index (χ0) is 26.1. The third-order valence-electron chi connectivity index (χ3n) is 5.30. The van der Waals surface area contributed by atoms with Gasteiger partial charge in [0.25, 0.3) is 0 Å². The van der Waals surface area contributed by atoms with Crippen LogP contribution in [0.5, 0.6) is 0 Å². The van der Waals surface area contributed by atoms with Gasteiger partial charge in [0.05, 0.1) is 6.20 Å². The van der Waals surface area contributed by atoms with Crippen molar-refractivity contribution < 1.29 is 19.1 Å². The van der Waals surface area contributed by atoms with Crippen LogP contribution in [0.3, 0.4) is 0 Å². The van der Waals surface area contributed by atoms with Crippen molar-refractivity contribution in [2.24, 2.45) is 0 Å². The van der Waals surface area contributed by atoms with Crippen LogP contribution in [0.25, 0.3) is 11.2 Å². The lowest BCUT2D eigenvalue weighted by Gasteiger charge is -2.37. The molecule has 11 heteroatoms. The lowest BCUT2D eigenvalue weighted by atomic mass is 10.1. The van der Waals surface area contributed by atoms with Crippen molar-refractivity contribution in [3.8, 4) is 0 Å². The Bertz CT molecular complexity index is 1170. The summed E-state index contributed by atoms with van der Waals surface area (Å²) in [5.74, 6) is -0.428. The first kappa shape index (κ1) is 26.9. The highest BCUT2D eigenvalue weighted by molar-refractivity contribution is 9.10. The molecule has 1 aliphatic rings. The molecule has 2 aromatic heterocycles. The van der Waals surface area contributed by atoms with Crippen LogP contribution >= 0.6 is 15.9 Å². The van der Waals surface area contributed by atoms with Gasteiger partial charge in [-0.3, -0.25) is 9.59 Å². The summed E-state index contributed by atoms with van der Waals surface area (Å²) in [7, 11) is 0. The van der Waals surface area contributed by atoms with Crippen molar-refractivity contribution in [2.75, 3.05) is 31.1 Å². The largest absolute Gasteiger partial charge is 0.459 e. The summed E-state index contributed by atoms with van der Waals surface area (Å²) < 4.78 is 13.2. The highest BCUT2D eigenvalue weighted by Gasteiger charge is 2.30. The molecule has 2 aromatic rings. The summed E-state index contributed by atoms with van der Waals surface area (Å²) in [5, 5.41) is 0. The third-order valence-corrected chi connectivity index (χ3v) is 5.68. The molecule has 0 N–H and O–H groups in total. The number of carbonyl (C=O) groups is 2. The topological polar surface area (TPSA) is 107 Å². The van der Waals surface area contributed by atoms with Crippen molar-refractivity contribution in [3.63, 3.8) is 0 Å². The van der Waals surface area contributed by atoms with Gasteiger partial charge in [0, 0.05) is 31.9 Å². The van der Waals surface area contributed by atoms with Gasteiger partial charge in [0.15, 0.2) is 11.2 Å². The zero-order valence-electron chi connectivity index (χ0n) is 21.5. The standard InChI is InChI=1S/C24H34BrN5O5/c1-8-15-19(28-9-11-29(12-10-28)22(33)35-24(5,6)7)20(32)18-21(26-13-16(25)27-18)30(15)14-17(31)34-23(2,3)4/h13H,8-12,14H2,1-7H3. The molecular formula is C24H34BrN5O5. The average Bonchev–Trinajstić information content (AvgIpc) is 2.73. The molecule has 0 aromatic carbocycles. The second-order valence-corrected chi connectivity index (χ2v) is 11.3. The molecule has 1 aliphatic heterocycles. The third kappa shape index (κ3) is 6.50. The molecule has 0 atom stereocenters. The van der Waals surface area contributed by atoms with E-state index in [1.165, 1.54) is 6.20 Å². The Balaban J connectivity index is 2.01. The van der Waals surface area contributed by atoms with Crippen molar-refractivity contribution in [1.82, 2.24) is 19.4 Å². The van der Waals surface area contributed by atoms with Gasteiger partial charge in [-0.2, -0.15) is 0 Å². The fourth-order valence-electron chi connectivity index (χ4n) is 4.01. The van der Waals surface area contributed by atoms with Crippen molar-refractivity contribution in [1.29, 1.82) is 0 Å². The number of nitrogens with zero attached hydrogens (tertiary/aromatic N) is 5. The zero-order valence-corrected chi connectivity index (χ0v) is 23.1. The Morgan fingerprint density at radius 2 is 1.63 bits per heavy atom. The molecule has 1 fully saturated rings. The number of rotatable bonds is 4. The molecule has 3 rings (SSSR count). The summed E-state index contributed by atoms with van der Waals surface area (Å²) in [6, 6.07) is 0. The molecule has 192 valence electrons. The molecule has 0 bridgehead atoms. The van der Waals surface area contributed by atoms with Gasteiger partial charge in [-0.05, 0) is 63.9 Å². The lowest BCUT2D eigenvalue weighted by molar-refractivity contribution is -0.155. The Labute approximate surface area is 213 Å². The monoisotopic (exact) mass is 551 g/mol. The summed E-state index contributed by atoms with van der Waals surface area (Å²) in [4.78, 5) is 51.3. The van der Waals surface area contributed by atoms with Crippen LogP contribution in [0.4, 0.5) is 10.5 Å². The maximum Gasteiger partial charge on any atom is 0.410 e. The molecule has 3 heterocycles. The number of hydrogen-bond acceptors (Lipinski definition) is 8. The molecule has 0 unspecified atom stereocenters. The molecule has 1 saturated heterocycles. The van der Waals surface area contributed by atoms with E-state index in [1.54, 1.807) is 9.47 Å². The molecular weight excluding hydrogens is 518 g/mol. The van der Waals surface area contributed by atoms with E-state index in [0.717, 1.165) is 0 Å². The summed E-state index contributed by atoms with van der Waals surface area (Å²) in [6.07, 6.45) is 1.63. The second-order valence-electron chi connectivity index (χ2n) is 10.5. The van der Waals surface area contributed by atoms with Gasteiger partial charge in [0.2, 0.25) is 5.43 Å². The summed E-state index contributed by atoms with van der Waals surface area (Å²) in [6.45, 7) is 14.4. The fourth-order valence-corrected chi connectivity index (χ4v) is 4.29. The van der Waals surface area contributed by atoms with E-state index >= 15 is 0 Å². The van der Waals surface area contributed by atoms with Crippen LogP contribution in [0.1, 0.15) is 54.2 Å². The molecule has 10 nitrogen and oxygen atoms in total. The van der Waals surface area contributed by atoms with Gasteiger partial charge in [-0.15, -0.1) is 0 Å². The number of hydrogen-bond donors (Lipinski definition) is 0. The first-order valence-corrected chi connectivity index (χ1v) is 12.5. The van der Waals surface area contributed by atoms with Crippen LogP contribution in [0.2, 0.25) is 0 Å². The van der Waals surface area contributed by atoms with Crippen molar-refractivity contribution in [2.45, 2.75) is 72.6 Å². The number of piperazine rings is 1. The fraction of sp³-hybridized carbons (Fsp3) is 0.625. The summed E-state index contributed by atoms with van der Waals surface area (Å²) in [5.41, 5.74) is 0.172. The number of aromatic nitrogens is 3. The average molecular weight is 552 g/mol. The minimum atomic E-state index is -0.645. The van der Waals surface area contributed by atoms with Crippen LogP contribution in [0, 0.1) is 0 Å². The van der Waals surface area contributed by atoms with Gasteiger partial charge in [-0.1, -0.05) is 6.92 Å². The number of anilines is 1. The van der Waals surface area contributed by atoms with Gasteiger partial charge in [-0.25, -0.2) is 14.8 Å². The molecule has 0 spiro atoms. The number of halogens is 1. The number of amides is 1. The first-order chi connectivity index (χ1) is 16.2. The van der Waals surface area contributed by atoms with Crippen LogP contribution in [-0.4, -0.2) is 68.9 Å². The van der Waals surface area contributed by atoms with Crippen LogP contribution in [0.15, 0.2) is 15.6 Å². The Hall–Kier alpha value is -2.69. The number of carbonyl (C=O) groups excluding carboxylic acids is 2. The van der Waals surface area contributed by atoms with E-state index in [1.807, 2.05) is 53.4 Å². The Morgan fingerprint density at radius 3 is 2.17 bits per heavy atom. The van der Waals surface area contributed by atoms with Gasteiger partial charge >= 0.3 is 12.1 Å².